The molecule has 0 spiro atoms. The molecule has 0 aliphatic carbocycles. The average molecular weight is 282 g/mol. The molecule has 1 aromatic rings. The fraction of sp³-hybridized carbons (Fsp3) is 0.600. The Balaban J connectivity index is 2.13. The Morgan fingerprint density at radius 1 is 1.45 bits per heavy atom. The molecule has 1 aliphatic rings. The minimum Gasteiger partial charge on any atom is -0.488 e. The molecule has 1 saturated heterocycles. The van der Waals surface area contributed by atoms with Gasteiger partial charge in [0.15, 0.2) is 11.6 Å². The van der Waals surface area contributed by atoms with Gasteiger partial charge in [0.1, 0.15) is 0 Å². The quantitative estimate of drug-likeness (QED) is 0.833. The number of benzene rings is 1. The molecule has 0 saturated carbocycles. The Hall–Kier alpha value is -1.49. The predicted molar refractivity (Wildman–Crippen MR) is 78.6 cm³/mol. The SMILES string of the molecule is CC(C)Oc1cc(NC2CCOC(C)C2)c(N)cc1F. The molecule has 4 nitrogen and oxygen atoms in total. The molecular weight excluding hydrogens is 259 g/mol. The van der Waals surface area contributed by atoms with E-state index in [0.717, 1.165) is 25.1 Å². The topological polar surface area (TPSA) is 56.5 Å². The zero-order chi connectivity index (χ0) is 14.7. The van der Waals surface area contributed by atoms with Gasteiger partial charge in [-0.25, -0.2) is 4.39 Å². The standard InChI is InChI=1S/C15H23FN2O2/c1-9(2)20-15-8-14(13(17)7-12(15)16)18-11-4-5-19-10(3)6-11/h7-11,18H,4-6,17H2,1-3H3. The third-order valence-corrected chi connectivity index (χ3v) is 3.31. The van der Waals surface area contributed by atoms with Crippen LogP contribution in [-0.4, -0.2) is 24.9 Å². The van der Waals surface area contributed by atoms with E-state index in [-0.39, 0.29) is 18.0 Å². The van der Waals surface area contributed by atoms with Crippen molar-refractivity contribution >= 4 is 11.4 Å². The van der Waals surface area contributed by atoms with Crippen LogP contribution in [0.25, 0.3) is 0 Å². The number of halogens is 1. The molecule has 3 N–H and O–H groups in total. The summed E-state index contributed by atoms with van der Waals surface area (Å²) in [7, 11) is 0. The fourth-order valence-electron chi connectivity index (χ4n) is 2.39. The van der Waals surface area contributed by atoms with Crippen LogP contribution >= 0.6 is 0 Å². The lowest BCUT2D eigenvalue weighted by molar-refractivity contribution is 0.0232. The van der Waals surface area contributed by atoms with Crippen molar-refractivity contribution in [1.29, 1.82) is 0 Å². The number of nitrogens with one attached hydrogen (secondary N) is 1. The smallest absolute Gasteiger partial charge is 0.167 e. The molecule has 1 fully saturated rings. The first kappa shape index (κ1) is 14.9. The molecule has 2 rings (SSSR count). The van der Waals surface area contributed by atoms with E-state index in [9.17, 15) is 4.39 Å². The fourth-order valence-corrected chi connectivity index (χ4v) is 2.39. The first-order chi connectivity index (χ1) is 9.45. The van der Waals surface area contributed by atoms with E-state index in [2.05, 4.69) is 12.2 Å². The summed E-state index contributed by atoms with van der Waals surface area (Å²) in [6.45, 7) is 6.51. The number of hydrogen-bond acceptors (Lipinski definition) is 4. The summed E-state index contributed by atoms with van der Waals surface area (Å²) in [4.78, 5) is 0. The van der Waals surface area contributed by atoms with Gasteiger partial charge in [-0.15, -0.1) is 0 Å². The zero-order valence-corrected chi connectivity index (χ0v) is 12.3. The molecule has 20 heavy (non-hydrogen) atoms. The molecule has 0 aromatic heterocycles. The number of nitrogens with two attached hydrogens (primary N) is 1. The average Bonchev–Trinajstić information content (AvgIpc) is 2.34. The Bertz CT molecular complexity index is 465. The molecular formula is C15H23FN2O2. The molecule has 112 valence electrons. The molecule has 2 atom stereocenters. The molecule has 0 amide bonds. The molecule has 5 heteroatoms. The summed E-state index contributed by atoms with van der Waals surface area (Å²) >= 11 is 0. The highest BCUT2D eigenvalue weighted by Crippen LogP contribution is 2.30. The summed E-state index contributed by atoms with van der Waals surface area (Å²) in [6.07, 6.45) is 1.98. The number of ether oxygens (including phenoxy) is 2. The van der Waals surface area contributed by atoms with E-state index in [1.54, 1.807) is 6.07 Å². The Morgan fingerprint density at radius 3 is 2.85 bits per heavy atom. The van der Waals surface area contributed by atoms with Crippen molar-refractivity contribution < 1.29 is 13.9 Å². The van der Waals surface area contributed by atoms with Crippen molar-refractivity contribution in [3.05, 3.63) is 17.9 Å². The van der Waals surface area contributed by atoms with Crippen LogP contribution in [0.5, 0.6) is 5.75 Å². The predicted octanol–water partition coefficient (Wildman–Crippen LogP) is 3.17. The van der Waals surface area contributed by atoms with Gasteiger partial charge in [-0.05, 0) is 33.6 Å². The maximum absolute atomic E-state index is 13.8. The van der Waals surface area contributed by atoms with Crippen LogP contribution in [-0.2, 0) is 4.74 Å². The first-order valence-corrected chi connectivity index (χ1v) is 7.09. The third-order valence-electron chi connectivity index (χ3n) is 3.31. The van der Waals surface area contributed by atoms with E-state index in [1.807, 2.05) is 13.8 Å². The summed E-state index contributed by atoms with van der Waals surface area (Å²) in [6, 6.07) is 3.24. The normalized spacial score (nSPS) is 22.9. The summed E-state index contributed by atoms with van der Waals surface area (Å²) < 4.78 is 24.7. The van der Waals surface area contributed by atoms with Crippen LogP contribution < -0.4 is 15.8 Å². The van der Waals surface area contributed by atoms with Crippen molar-refractivity contribution in [2.24, 2.45) is 0 Å². The van der Waals surface area contributed by atoms with Crippen LogP contribution in [0, 0.1) is 5.82 Å². The van der Waals surface area contributed by atoms with Crippen LogP contribution in [0.4, 0.5) is 15.8 Å². The summed E-state index contributed by atoms with van der Waals surface area (Å²) in [5.74, 6) is -0.195. The zero-order valence-electron chi connectivity index (χ0n) is 12.3. The van der Waals surface area contributed by atoms with Crippen molar-refractivity contribution in [3.8, 4) is 5.75 Å². The largest absolute Gasteiger partial charge is 0.488 e. The summed E-state index contributed by atoms with van der Waals surface area (Å²) in [5.41, 5.74) is 7.01. The van der Waals surface area contributed by atoms with Gasteiger partial charge in [-0.1, -0.05) is 0 Å². The van der Waals surface area contributed by atoms with Gasteiger partial charge in [0.2, 0.25) is 0 Å². The van der Waals surface area contributed by atoms with E-state index < -0.39 is 5.82 Å². The molecule has 0 radical (unpaired) electrons. The first-order valence-electron chi connectivity index (χ1n) is 7.09. The van der Waals surface area contributed by atoms with E-state index in [0.29, 0.717) is 11.7 Å². The van der Waals surface area contributed by atoms with E-state index in [4.69, 9.17) is 15.2 Å². The van der Waals surface area contributed by atoms with Gasteiger partial charge >= 0.3 is 0 Å². The highest BCUT2D eigenvalue weighted by atomic mass is 19.1. The minimum atomic E-state index is -0.429. The van der Waals surface area contributed by atoms with E-state index >= 15 is 0 Å². The van der Waals surface area contributed by atoms with Gasteiger partial charge in [0, 0.05) is 24.8 Å². The van der Waals surface area contributed by atoms with Gasteiger partial charge in [0.05, 0.1) is 23.6 Å². The minimum absolute atomic E-state index is 0.0796. The lowest BCUT2D eigenvalue weighted by Gasteiger charge is -2.29. The van der Waals surface area contributed by atoms with Gasteiger partial charge in [-0.2, -0.15) is 0 Å². The van der Waals surface area contributed by atoms with Gasteiger partial charge in [-0.3, -0.25) is 0 Å². The number of nitrogen functional groups attached to an aromatic ring is 1. The van der Waals surface area contributed by atoms with E-state index in [1.165, 1.54) is 6.07 Å². The third kappa shape index (κ3) is 3.76. The van der Waals surface area contributed by atoms with Crippen LogP contribution in [0.15, 0.2) is 12.1 Å². The van der Waals surface area contributed by atoms with Crippen LogP contribution in [0.1, 0.15) is 33.6 Å². The lowest BCUT2D eigenvalue weighted by Crippen LogP contribution is -2.32. The van der Waals surface area contributed by atoms with Gasteiger partial charge in [0.25, 0.3) is 0 Å². The molecule has 0 bridgehead atoms. The second kappa shape index (κ2) is 6.31. The maximum atomic E-state index is 13.8. The van der Waals surface area contributed by atoms with Crippen molar-refractivity contribution in [1.82, 2.24) is 0 Å². The molecule has 1 heterocycles. The summed E-state index contributed by atoms with van der Waals surface area (Å²) in [5, 5.41) is 3.37. The van der Waals surface area contributed by atoms with Crippen molar-refractivity contribution in [2.75, 3.05) is 17.7 Å². The highest BCUT2D eigenvalue weighted by Gasteiger charge is 2.20. The van der Waals surface area contributed by atoms with Crippen LogP contribution in [0.3, 0.4) is 0 Å². The van der Waals surface area contributed by atoms with Gasteiger partial charge < -0.3 is 20.5 Å². The maximum Gasteiger partial charge on any atom is 0.167 e. The van der Waals surface area contributed by atoms with Crippen LogP contribution in [0.2, 0.25) is 0 Å². The number of hydrogen-bond donors (Lipinski definition) is 2. The highest BCUT2D eigenvalue weighted by molar-refractivity contribution is 5.69. The monoisotopic (exact) mass is 282 g/mol. The second-order valence-corrected chi connectivity index (χ2v) is 5.58. The second-order valence-electron chi connectivity index (χ2n) is 5.58. The Labute approximate surface area is 119 Å². The Kier molecular flexibility index (Phi) is 4.70. The number of anilines is 2. The van der Waals surface area contributed by atoms with Crippen molar-refractivity contribution in [3.63, 3.8) is 0 Å². The number of rotatable bonds is 4. The molecule has 2 unspecified atom stereocenters. The molecule has 1 aliphatic heterocycles. The lowest BCUT2D eigenvalue weighted by atomic mass is 10.0. The Morgan fingerprint density at radius 2 is 2.20 bits per heavy atom. The molecule has 1 aromatic carbocycles. The van der Waals surface area contributed by atoms with Crippen molar-refractivity contribution in [2.45, 2.75) is 51.9 Å².